The highest BCUT2D eigenvalue weighted by molar-refractivity contribution is 6.42. The lowest BCUT2D eigenvalue weighted by molar-refractivity contribution is 0.538. The number of nitrogens with zero attached hydrogens (tertiary/aromatic N) is 4. The molecule has 5 nitrogen and oxygen atoms in total. The fraction of sp³-hybridized carbons (Fsp3) is 0.0556. The number of benzene rings is 2. The minimum atomic E-state index is 0.148. The van der Waals surface area contributed by atoms with Crippen LogP contribution in [0.25, 0.3) is 6.08 Å². The van der Waals surface area contributed by atoms with E-state index in [9.17, 15) is 0 Å². The molecule has 0 bridgehead atoms. The number of hydrazone groups is 1. The lowest BCUT2D eigenvalue weighted by atomic mass is 10.2. The van der Waals surface area contributed by atoms with Gasteiger partial charge in [0.05, 0.1) is 16.3 Å². The third kappa shape index (κ3) is 6.52. The van der Waals surface area contributed by atoms with Crippen molar-refractivity contribution in [2.45, 2.75) is 0 Å². The first-order valence-corrected chi connectivity index (χ1v) is 8.60. The molecule has 2 N–H and O–H groups in total. The quantitative estimate of drug-likeness (QED) is 0.433. The second-order valence-electron chi connectivity index (χ2n) is 5.08. The van der Waals surface area contributed by atoms with Gasteiger partial charge in [0.2, 0.25) is 5.96 Å². The Balaban J connectivity index is 1.91. The third-order valence-electron chi connectivity index (χ3n) is 3.13. The third-order valence-corrected chi connectivity index (χ3v) is 4.12. The van der Waals surface area contributed by atoms with Crippen molar-refractivity contribution in [1.29, 1.82) is 0 Å². The normalized spacial score (nSPS) is 12.5. The Kier molecular flexibility index (Phi) is 7.66. The summed E-state index contributed by atoms with van der Waals surface area (Å²) in [6.07, 6.45) is 6.69. The van der Waals surface area contributed by atoms with Crippen LogP contribution in [0.15, 0.2) is 63.8 Å². The van der Waals surface area contributed by atoms with Crippen LogP contribution in [0, 0.1) is 0 Å². The van der Waals surface area contributed by atoms with Crippen LogP contribution in [0.2, 0.25) is 15.1 Å². The standard InChI is InChI=1S/C18H16Cl3N5/c1-26(24-12-14-4-7-15(19)8-5-14)18(22)25-23-10-2-3-13-6-9-16(20)17(21)11-13/h2-12H,1H3,(H2,22,25)/b3-2+,23-10?,24-12?. The first-order valence-electron chi connectivity index (χ1n) is 7.47. The number of nitrogens with two attached hydrogens (primary N) is 1. The molecule has 0 fully saturated rings. The van der Waals surface area contributed by atoms with E-state index in [4.69, 9.17) is 40.5 Å². The Morgan fingerprint density at radius 3 is 2.38 bits per heavy atom. The number of guanidine groups is 1. The van der Waals surface area contributed by atoms with Gasteiger partial charge in [-0.3, -0.25) is 0 Å². The van der Waals surface area contributed by atoms with Gasteiger partial charge in [-0.2, -0.15) is 10.2 Å². The summed E-state index contributed by atoms with van der Waals surface area (Å²) in [5, 5.41) is 15.0. The Morgan fingerprint density at radius 1 is 1.00 bits per heavy atom. The molecule has 8 heteroatoms. The van der Waals surface area contributed by atoms with Gasteiger partial charge in [0.15, 0.2) is 0 Å². The van der Waals surface area contributed by atoms with E-state index in [1.54, 1.807) is 43.6 Å². The predicted octanol–water partition coefficient (Wildman–Crippen LogP) is 4.93. The maximum absolute atomic E-state index is 5.95. The lowest BCUT2D eigenvalue weighted by Gasteiger charge is -2.09. The van der Waals surface area contributed by atoms with Crippen molar-refractivity contribution >= 4 is 59.3 Å². The molecule has 2 rings (SSSR count). The Labute approximate surface area is 167 Å². The molecule has 2 aromatic rings. The van der Waals surface area contributed by atoms with Crippen LogP contribution in [-0.2, 0) is 0 Å². The second kappa shape index (κ2) is 9.97. The van der Waals surface area contributed by atoms with E-state index in [-0.39, 0.29) is 5.96 Å². The maximum atomic E-state index is 5.95. The predicted molar refractivity (Wildman–Crippen MR) is 112 cm³/mol. The highest BCUT2D eigenvalue weighted by Crippen LogP contribution is 2.22. The molecule has 0 heterocycles. The van der Waals surface area contributed by atoms with Gasteiger partial charge in [0.1, 0.15) is 0 Å². The molecular formula is C18H16Cl3N5. The number of hydrogen-bond acceptors (Lipinski definition) is 3. The maximum Gasteiger partial charge on any atom is 0.236 e. The Morgan fingerprint density at radius 2 is 1.69 bits per heavy atom. The largest absolute Gasteiger partial charge is 0.367 e. The minimum Gasteiger partial charge on any atom is -0.367 e. The van der Waals surface area contributed by atoms with Gasteiger partial charge in [-0.25, -0.2) is 5.01 Å². The van der Waals surface area contributed by atoms with Gasteiger partial charge < -0.3 is 5.73 Å². The molecule has 0 aliphatic heterocycles. The van der Waals surface area contributed by atoms with Crippen molar-refractivity contribution in [1.82, 2.24) is 5.01 Å². The number of hydrogen-bond donors (Lipinski definition) is 1. The highest BCUT2D eigenvalue weighted by atomic mass is 35.5. The van der Waals surface area contributed by atoms with Crippen molar-refractivity contribution in [2.24, 2.45) is 21.0 Å². The van der Waals surface area contributed by atoms with Crippen molar-refractivity contribution in [3.05, 3.63) is 74.7 Å². The first-order chi connectivity index (χ1) is 12.5. The zero-order valence-electron chi connectivity index (χ0n) is 13.9. The van der Waals surface area contributed by atoms with Crippen LogP contribution in [0.1, 0.15) is 11.1 Å². The molecular weight excluding hydrogens is 393 g/mol. The summed E-state index contributed by atoms with van der Waals surface area (Å²) >= 11 is 17.6. The van der Waals surface area contributed by atoms with Gasteiger partial charge in [-0.05, 0) is 41.5 Å². The molecule has 0 saturated heterocycles. The fourth-order valence-corrected chi connectivity index (χ4v) is 2.16. The fourth-order valence-electron chi connectivity index (χ4n) is 1.73. The average Bonchev–Trinajstić information content (AvgIpc) is 2.63. The molecule has 0 saturated carbocycles. The summed E-state index contributed by atoms with van der Waals surface area (Å²) in [5.41, 5.74) is 7.59. The van der Waals surface area contributed by atoms with Gasteiger partial charge in [-0.1, -0.05) is 59.1 Å². The van der Waals surface area contributed by atoms with E-state index < -0.39 is 0 Å². The molecule has 134 valence electrons. The SMILES string of the molecule is CN(N=Cc1ccc(Cl)cc1)C(N)=NN=C/C=C/c1ccc(Cl)c(Cl)c1. The summed E-state index contributed by atoms with van der Waals surface area (Å²) in [5.74, 6) is 0.148. The minimum absolute atomic E-state index is 0.148. The van der Waals surface area contributed by atoms with Crippen LogP contribution < -0.4 is 5.73 Å². The molecule has 0 aromatic heterocycles. The molecule has 26 heavy (non-hydrogen) atoms. The van der Waals surface area contributed by atoms with Crippen molar-refractivity contribution < 1.29 is 0 Å². The van der Waals surface area contributed by atoms with E-state index >= 15 is 0 Å². The monoisotopic (exact) mass is 407 g/mol. The molecule has 0 unspecified atom stereocenters. The van der Waals surface area contributed by atoms with Crippen LogP contribution in [0.5, 0.6) is 0 Å². The number of rotatable bonds is 5. The van der Waals surface area contributed by atoms with Crippen LogP contribution >= 0.6 is 34.8 Å². The Hall–Kier alpha value is -2.34. The van der Waals surface area contributed by atoms with Crippen LogP contribution in [-0.4, -0.2) is 30.4 Å². The van der Waals surface area contributed by atoms with Crippen molar-refractivity contribution in [3.8, 4) is 0 Å². The molecule has 0 radical (unpaired) electrons. The summed E-state index contributed by atoms with van der Waals surface area (Å²) in [7, 11) is 1.67. The molecule has 0 aliphatic carbocycles. The van der Waals surface area contributed by atoms with Crippen LogP contribution in [0.4, 0.5) is 0 Å². The van der Waals surface area contributed by atoms with E-state index in [0.29, 0.717) is 15.1 Å². The Bertz CT molecular complexity index is 858. The van der Waals surface area contributed by atoms with E-state index in [2.05, 4.69) is 15.3 Å². The van der Waals surface area contributed by atoms with E-state index in [1.807, 2.05) is 24.3 Å². The van der Waals surface area contributed by atoms with Gasteiger partial charge in [-0.15, -0.1) is 5.10 Å². The number of halogens is 3. The topological polar surface area (TPSA) is 66.3 Å². The summed E-state index contributed by atoms with van der Waals surface area (Å²) in [4.78, 5) is 0. The smallest absolute Gasteiger partial charge is 0.236 e. The molecule has 0 amide bonds. The van der Waals surface area contributed by atoms with Crippen LogP contribution in [0.3, 0.4) is 0 Å². The summed E-state index contributed by atoms with van der Waals surface area (Å²) in [6, 6.07) is 12.6. The van der Waals surface area contributed by atoms with Crippen molar-refractivity contribution in [3.63, 3.8) is 0 Å². The highest BCUT2D eigenvalue weighted by Gasteiger charge is 1.98. The molecule has 2 aromatic carbocycles. The summed E-state index contributed by atoms with van der Waals surface area (Å²) < 4.78 is 0. The number of allylic oxidation sites excluding steroid dienone is 1. The average molecular weight is 409 g/mol. The molecule has 0 aliphatic rings. The second-order valence-corrected chi connectivity index (χ2v) is 6.33. The van der Waals surface area contributed by atoms with Gasteiger partial charge >= 0.3 is 0 Å². The lowest BCUT2D eigenvalue weighted by Crippen LogP contribution is -2.29. The zero-order chi connectivity index (χ0) is 18.9. The van der Waals surface area contributed by atoms with Gasteiger partial charge in [0, 0.05) is 18.3 Å². The van der Waals surface area contributed by atoms with E-state index in [0.717, 1.165) is 11.1 Å². The van der Waals surface area contributed by atoms with Crippen molar-refractivity contribution in [2.75, 3.05) is 7.05 Å². The first kappa shape index (κ1) is 20.0. The van der Waals surface area contributed by atoms with E-state index in [1.165, 1.54) is 11.2 Å². The molecule has 0 spiro atoms. The van der Waals surface area contributed by atoms with Gasteiger partial charge in [0.25, 0.3) is 0 Å². The summed E-state index contributed by atoms with van der Waals surface area (Å²) in [6.45, 7) is 0. The molecule has 0 atom stereocenters. The zero-order valence-corrected chi connectivity index (χ0v) is 16.1.